The minimum atomic E-state index is 0.547. The molecule has 4 aromatic rings. The fraction of sp³-hybridized carbons (Fsp3) is 0.0870. The van der Waals surface area contributed by atoms with Crippen LogP contribution in [0.2, 0.25) is 0 Å². The highest BCUT2D eigenvalue weighted by molar-refractivity contribution is 7.11. The molecule has 28 heavy (non-hydrogen) atoms. The first-order valence-electron chi connectivity index (χ1n) is 8.92. The van der Waals surface area contributed by atoms with E-state index in [9.17, 15) is 5.26 Å². The molecule has 2 aromatic heterocycles. The van der Waals surface area contributed by atoms with Gasteiger partial charge in [-0.05, 0) is 32.1 Å². The topological polar surface area (TPSA) is 54.5 Å². The highest BCUT2D eigenvalue weighted by Gasteiger charge is 2.14. The quantitative estimate of drug-likeness (QED) is 0.427. The van der Waals surface area contributed by atoms with Gasteiger partial charge >= 0.3 is 0 Å². The fourth-order valence-electron chi connectivity index (χ4n) is 3.11. The molecule has 136 valence electrons. The number of aryl methyl sites for hydroxylation is 1. The van der Waals surface area contributed by atoms with Gasteiger partial charge in [0.25, 0.3) is 0 Å². The molecule has 0 aliphatic carbocycles. The van der Waals surface area contributed by atoms with Gasteiger partial charge in [-0.15, -0.1) is 11.3 Å². The van der Waals surface area contributed by atoms with Crippen LogP contribution in [0.3, 0.4) is 0 Å². The van der Waals surface area contributed by atoms with Crippen molar-refractivity contribution in [1.82, 2.24) is 14.8 Å². The second kappa shape index (κ2) is 7.63. The highest BCUT2D eigenvalue weighted by atomic mass is 32.1. The van der Waals surface area contributed by atoms with Crippen LogP contribution >= 0.6 is 11.3 Å². The van der Waals surface area contributed by atoms with Crippen LogP contribution in [-0.4, -0.2) is 14.8 Å². The number of para-hydroxylation sites is 1. The largest absolute Gasteiger partial charge is 0.237 e. The summed E-state index contributed by atoms with van der Waals surface area (Å²) in [5.41, 5.74) is 6.32. The predicted octanol–water partition coefficient (Wildman–Crippen LogP) is 5.68. The lowest BCUT2D eigenvalue weighted by atomic mass is 10.1. The lowest BCUT2D eigenvalue weighted by molar-refractivity contribution is 0.833. The van der Waals surface area contributed by atoms with Crippen LogP contribution in [0.25, 0.3) is 28.6 Å². The molecule has 4 rings (SSSR count). The van der Waals surface area contributed by atoms with Gasteiger partial charge in [0.05, 0.1) is 22.6 Å². The Hall–Kier alpha value is -3.49. The Bertz CT molecular complexity index is 1180. The van der Waals surface area contributed by atoms with E-state index in [1.54, 1.807) is 0 Å². The summed E-state index contributed by atoms with van der Waals surface area (Å²) in [5, 5.41) is 17.1. The molecule has 5 heteroatoms. The van der Waals surface area contributed by atoms with Gasteiger partial charge in [-0.2, -0.15) is 10.4 Å². The minimum Gasteiger partial charge on any atom is -0.237 e. The van der Waals surface area contributed by atoms with Gasteiger partial charge in [-0.3, -0.25) is 0 Å². The number of nitriles is 1. The molecule has 0 N–H and O–H groups in total. The van der Waals surface area contributed by atoms with Crippen molar-refractivity contribution in [3.8, 4) is 23.0 Å². The molecule has 0 radical (unpaired) electrons. The smallest absolute Gasteiger partial charge is 0.134 e. The summed E-state index contributed by atoms with van der Waals surface area (Å²) in [6, 6.07) is 22.3. The second-order valence-corrected chi connectivity index (χ2v) is 7.26. The van der Waals surface area contributed by atoms with Crippen LogP contribution < -0.4 is 0 Å². The van der Waals surface area contributed by atoms with Crippen LogP contribution in [0.4, 0.5) is 0 Å². The van der Waals surface area contributed by atoms with Gasteiger partial charge in [0.2, 0.25) is 0 Å². The Morgan fingerprint density at radius 2 is 1.71 bits per heavy atom. The molecule has 0 fully saturated rings. The summed E-state index contributed by atoms with van der Waals surface area (Å²) in [7, 11) is 0. The van der Waals surface area contributed by atoms with Gasteiger partial charge in [-0.1, -0.05) is 48.5 Å². The zero-order valence-corrected chi connectivity index (χ0v) is 16.4. The monoisotopic (exact) mass is 382 g/mol. The van der Waals surface area contributed by atoms with E-state index in [0.29, 0.717) is 10.6 Å². The minimum absolute atomic E-state index is 0.547. The van der Waals surface area contributed by atoms with Crippen LogP contribution in [-0.2, 0) is 0 Å². The molecular formula is C23H18N4S. The van der Waals surface area contributed by atoms with E-state index in [-0.39, 0.29) is 0 Å². The summed E-state index contributed by atoms with van der Waals surface area (Å²) in [4.78, 5) is 4.67. The van der Waals surface area contributed by atoms with Crippen molar-refractivity contribution in [3.63, 3.8) is 0 Å². The van der Waals surface area contributed by atoms with E-state index in [1.807, 2.05) is 90.6 Å². The number of nitrogens with zero attached hydrogens (tertiary/aromatic N) is 4. The van der Waals surface area contributed by atoms with Gasteiger partial charge in [0.1, 0.15) is 11.1 Å². The molecule has 0 saturated heterocycles. The molecule has 0 atom stereocenters. The third kappa shape index (κ3) is 3.38. The molecule has 2 heterocycles. The third-order valence-corrected chi connectivity index (χ3v) is 5.44. The lowest BCUT2D eigenvalue weighted by Gasteiger charge is -2.03. The molecule has 0 unspecified atom stereocenters. The number of allylic oxidation sites excluding steroid dienone is 1. The fourth-order valence-corrected chi connectivity index (χ4v) is 3.90. The summed E-state index contributed by atoms with van der Waals surface area (Å²) in [6.07, 6.45) is 1.89. The first-order chi connectivity index (χ1) is 13.7. The van der Waals surface area contributed by atoms with Crippen molar-refractivity contribution in [2.45, 2.75) is 13.8 Å². The van der Waals surface area contributed by atoms with E-state index in [2.05, 4.69) is 16.2 Å². The van der Waals surface area contributed by atoms with Gasteiger partial charge in [-0.25, -0.2) is 9.67 Å². The molecule has 0 saturated carbocycles. The predicted molar refractivity (Wildman–Crippen MR) is 114 cm³/mol. The molecule has 0 amide bonds. The maximum absolute atomic E-state index is 9.75. The SMILES string of the molecule is Cc1nn(-c2ccccc2)c(C)c1/C=C(/C#N)c1nc(-c2ccccc2)cs1. The van der Waals surface area contributed by atoms with E-state index in [4.69, 9.17) is 0 Å². The van der Waals surface area contributed by atoms with E-state index in [1.165, 1.54) is 11.3 Å². The summed E-state index contributed by atoms with van der Waals surface area (Å²) < 4.78 is 1.91. The Labute approximate surface area is 168 Å². The summed E-state index contributed by atoms with van der Waals surface area (Å²) in [5.74, 6) is 0. The molecule has 0 bridgehead atoms. The van der Waals surface area contributed by atoms with Crippen molar-refractivity contribution in [2.75, 3.05) is 0 Å². The van der Waals surface area contributed by atoms with Crippen LogP contribution in [0, 0.1) is 25.2 Å². The molecule has 0 aliphatic heterocycles. The van der Waals surface area contributed by atoms with E-state index >= 15 is 0 Å². The maximum atomic E-state index is 9.75. The molecular weight excluding hydrogens is 364 g/mol. The molecule has 4 nitrogen and oxygen atoms in total. The number of rotatable bonds is 4. The van der Waals surface area contributed by atoms with E-state index < -0.39 is 0 Å². The average molecular weight is 382 g/mol. The molecule has 0 spiro atoms. The number of benzene rings is 2. The van der Waals surface area contributed by atoms with Crippen LogP contribution in [0.1, 0.15) is 22.0 Å². The van der Waals surface area contributed by atoms with E-state index in [0.717, 1.165) is 33.9 Å². The number of hydrogen-bond donors (Lipinski definition) is 0. The average Bonchev–Trinajstić information content (AvgIpc) is 3.33. The lowest BCUT2D eigenvalue weighted by Crippen LogP contribution is -1.98. The Kier molecular flexibility index (Phi) is 4.88. The van der Waals surface area contributed by atoms with Gasteiger partial charge in [0, 0.05) is 22.2 Å². The zero-order chi connectivity index (χ0) is 19.5. The number of aromatic nitrogens is 3. The summed E-state index contributed by atoms with van der Waals surface area (Å²) >= 11 is 1.48. The Balaban J connectivity index is 1.73. The molecule has 0 aliphatic rings. The van der Waals surface area contributed by atoms with Crippen molar-refractivity contribution < 1.29 is 0 Å². The number of hydrogen-bond acceptors (Lipinski definition) is 4. The number of thiazole rings is 1. The first kappa shape index (κ1) is 17.9. The van der Waals surface area contributed by atoms with Crippen LogP contribution in [0.15, 0.2) is 66.0 Å². The highest BCUT2D eigenvalue weighted by Crippen LogP contribution is 2.28. The third-order valence-electron chi connectivity index (χ3n) is 4.56. The van der Waals surface area contributed by atoms with Gasteiger partial charge in [0.15, 0.2) is 0 Å². The van der Waals surface area contributed by atoms with Crippen molar-refractivity contribution in [2.24, 2.45) is 0 Å². The molecule has 2 aromatic carbocycles. The van der Waals surface area contributed by atoms with Crippen molar-refractivity contribution in [3.05, 3.63) is 88.0 Å². The second-order valence-electron chi connectivity index (χ2n) is 6.41. The van der Waals surface area contributed by atoms with Crippen molar-refractivity contribution >= 4 is 23.0 Å². The summed E-state index contributed by atoms with van der Waals surface area (Å²) in [6.45, 7) is 3.98. The standard InChI is InChI=1S/C23H18N4S/c1-16-21(17(2)27(26-16)20-11-7-4-8-12-20)13-19(14-24)23-25-22(15-28-23)18-9-5-3-6-10-18/h3-13,15H,1-2H3/b19-13-. The Morgan fingerprint density at radius 3 is 2.39 bits per heavy atom. The van der Waals surface area contributed by atoms with Crippen molar-refractivity contribution in [1.29, 1.82) is 5.26 Å². The Morgan fingerprint density at radius 1 is 1.04 bits per heavy atom. The first-order valence-corrected chi connectivity index (χ1v) is 9.80. The van der Waals surface area contributed by atoms with Crippen LogP contribution in [0.5, 0.6) is 0 Å². The normalized spacial score (nSPS) is 11.4. The van der Waals surface area contributed by atoms with Gasteiger partial charge < -0.3 is 0 Å². The maximum Gasteiger partial charge on any atom is 0.134 e. The zero-order valence-electron chi connectivity index (χ0n) is 15.6.